The molecule has 0 saturated carbocycles. The topological polar surface area (TPSA) is 15.3 Å². The molecule has 1 rings (SSSR count). The van der Waals surface area contributed by atoms with Crippen molar-refractivity contribution in [2.45, 2.75) is 17.9 Å². The molecule has 17 heavy (non-hydrogen) atoms. The van der Waals surface area contributed by atoms with Gasteiger partial charge in [0.1, 0.15) is 0 Å². The van der Waals surface area contributed by atoms with Crippen LogP contribution in [0.15, 0.2) is 27.6 Å². The van der Waals surface area contributed by atoms with Crippen LogP contribution in [0.1, 0.15) is 18.5 Å². The van der Waals surface area contributed by atoms with Gasteiger partial charge in [-0.2, -0.15) is 0 Å². The Morgan fingerprint density at radius 1 is 1.41 bits per heavy atom. The molecule has 0 spiro atoms. The zero-order chi connectivity index (χ0) is 12.8. The first kappa shape index (κ1) is 15.0. The minimum Gasteiger partial charge on any atom is -0.313 e. The standard InChI is InChI=1S/C13H21BrN2S/c1-10(15-2)12-6-5-11(9-13(12)14)17-8-7-16(3)4/h5-6,9-10,15H,7-8H2,1-4H3. The third-order valence-corrected chi connectivity index (χ3v) is 4.34. The Labute approximate surface area is 117 Å². The summed E-state index contributed by atoms with van der Waals surface area (Å²) >= 11 is 5.54. The zero-order valence-corrected chi connectivity index (χ0v) is 13.4. The molecular formula is C13H21BrN2S. The quantitative estimate of drug-likeness (QED) is 0.810. The van der Waals surface area contributed by atoms with Crippen molar-refractivity contribution in [1.29, 1.82) is 0 Å². The van der Waals surface area contributed by atoms with Crippen LogP contribution in [0.3, 0.4) is 0 Å². The Bertz CT molecular complexity index is 355. The summed E-state index contributed by atoms with van der Waals surface area (Å²) in [6.07, 6.45) is 0. The van der Waals surface area contributed by atoms with Crippen molar-refractivity contribution in [3.8, 4) is 0 Å². The average Bonchev–Trinajstić information content (AvgIpc) is 2.28. The second-order valence-electron chi connectivity index (χ2n) is 4.35. The second-order valence-corrected chi connectivity index (χ2v) is 6.37. The molecule has 1 unspecified atom stereocenters. The van der Waals surface area contributed by atoms with Crippen LogP contribution in [0.5, 0.6) is 0 Å². The molecule has 0 amide bonds. The van der Waals surface area contributed by atoms with Gasteiger partial charge in [0.15, 0.2) is 0 Å². The zero-order valence-electron chi connectivity index (χ0n) is 11.0. The molecule has 2 nitrogen and oxygen atoms in total. The molecule has 0 aromatic heterocycles. The largest absolute Gasteiger partial charge is 0.313 e. The highest BCUT2D eigenvalue weighted by Gasteiger charge is 2.07. The third-order valence-electron chi connectivity index (χ3n) is 2.68. The van der Waals surface area contributed by atoms with E-state index in [4.69, 9.17) is 0 Å². The summed E-state index contributed by atoms with van der Waals surface area (Å²) in [6.45, 7) is 3.27. The van der Waals surface area contributed by atoms with E-state index in [1.54, 1.807) is 0 Å². The Kier molecular flexibility index (Phi) is 6.55. The molecule has 96 valence electrons. The van der Waals surface area contributed by atoms with Gasteiger partial charge in [-0.1, -0.05) is 22.0 Å². The van der Waals surface area contributed by atoms with E-state index in [0.29, 0.717) is 6.04 Å². The molecule has 1 N–H and O–H groups in total. The van der Waals surface area contributed by atoms with E-state index >= 15 is 0 Å². The van der Waals surface area contributed by atoms with Crippen molar-refractivity contribution < 1.29 is 0 Å². The summed E-state index contributed by atoms with van der Waals surface area (Å²) in [7, 11) is 6.19. The van der Waals surface area contributed by atoms with Crippen LogP contribution < -0.4 is 5.32 Å². The van der Waals surface area contributed by atoms with Crippen molar-refractivity contribution in [2.24, 2.45) is 0 Å². The van der Waals surface area contributed by atoms with Gasteiger partial charge < -0.3 is 10.2 Å². The van der Waals surface area contributed by atoms with E-state index in [1.807, 2.05) is 18.8 Å². The Balaban J connectivity index is 2.62. The van der Waals surface area contributed by atoms with Gasteiger partial charge in [-0.05, 0) is 45.8 Å². The number of thioether (sulfide) groups is 1. The predicted molar refractivity (Wildman–Crippen MR) is 80.9 cm³/mol. The average molecular weight is 317 g/mol. The van der Waals surface area contributed by atoms with Crippen molar-refractivity contribution in [3.05, 3.63) is 28.2 Å². The molecule has 0 bridgehead atoms. The molecule has 1 aromatic carbocycles. The van der Waals surface area contributed by atoms with Gasteiger partial charge in [-0.3, -0.25) is 0 Å². The van der Waals surface area contributed by atoms with Crippen LogP contribution in [0.2, 0.25) is 0 Å². The number of rotatable bonds is 6. The van der Waals surface area contributed by atoms with E-state index in [0.717, 1.165) is 12.3 Å². The summed E-state index contributed by atoms with van der Waals surface area (Å²) in [5.41, 5.74) is 1.31. The Morgan fingerprint density at radius 2 is 2.12 bits per heavy atom. The molecule has 0 heterocycles. The molecule has 0 saturated heterocycles. The SMILES string of the molecule is CNC(C)c1ccc(SCCN(C)C)cc1Br. The fourth-order valence-electron chi connectivity index (χ4n) is 1.45. The van der Waals surface area contributed by atoms with Gasteiger partial charge in [0.05, 0.1) is 0 Å². The van der Waals surface area contributed by atoms with E-state index in [2.05, 4.69) is 65.4 Å². The van der Waals surface area contributed by atoms with Crippen molar-refractivity contribution in [1.82, 2.24) is 10.2 Å². The van der Waals surface area contributed by atoms with E-state index in [-0.39, 0.29) is 0 Å². The smallest absolute Gasteiger partial charge is 0.0300 e. The lowest BCUT2D eigenvalue weighted by molar-refractivity contribution is 0.437. The van der Waals surface area contributed by atoms with Crippen LogP contribution in [-0.2, 0) is 0 Å². The third kappa shape index (κ3) is 5.00. The lowest BCUT2D eigenvalue weighted by Crippen LogP contribution is -2.14. The van der Waals surface area contributed by atoms with Gasteiger partial charge in [-0.25, -0.2) is 0 Å². The maximum absolute atomic E-state index is 3.65. The van der Waals surface area contributed by atoms with Crippen LogP contribution in [0, 0.1) is 0 Å². The number of nitrogens with one attached hydrogen (secondary N) is 1. The molecule has 4 heteroatoms. The lowest BCUT2D eigenvalue weighted by atomic mass is 10.1. The maximum atomic E-state index is 3.65. The number of hydrogen-bond acceptors (Lipinski definition) is 3. The summed E-state index contributed by atoms with van der Waals surface area (Å²) in [5, 5.41) is 3.26. The predicted octanol–water partition coefficient (Wildman–Crippen LogP) is 3.38. The number of nitrogens with zero attached hydrogens (tertiary/aromatic N) is 1. The van der Waals surface area contributed by atoms with E-state index in [1.165, 1.54) is 14.9 Å². The molecule has 0 radical (unpaired) electrons. The van der Waals surface area contributed by atoms with Gasteiger partial charge in [0.2, 0.25) is 0 Å². The van der Waals surface area contributed by atoms with Crippen LogP contribution in [0.4, 0.5) is 0 Å². The molecule has 1 aromatic rings. The van der Waals surface area contributed by atoms with E-state index < -0.39 is 0 Å². The van der Waals surface area contributed by atoms with Crippen LogP contribution in [-0.4, -0.2) is 38.3 Å². The van der Waals surface area contributed by atoms with Crippen molar-refractivity contribution in [2.75, 3.05) is 33.4 Å². The number of benzene rings is 1. The van der Waals surface area contributed by atoms with Gasteiger partial charge in [-0.15, -0.1) is 11.8 Å². The summed E-state index contributed by atoms with van der Waals surface area (Å²) in [5.74, 6) is 1.13. The fraction of sp³-hybridized carbons (Fsp3) is 0.538. The van der Waals surface area contributed by atoms with Crippen LogP contribution >= 0.6 is 27.7 Å². The van der Waals surface area contributed by atoms with Gasteiger partial charge in [0, 0.05) is 27.7 Å². The number of hydrogen-bond donors (Lipinski definition) is 1. The monoisotopic (exact) mass is 316 g/mol. The highest BCUT2D eigenvalue weighted by atomic mass is 79.9. The van der Waals surface area contributed by atoms with Crippen molar-refractivity contribution >= 4 is 27.7 Å². The van der Waals surface area contributed by atoms with Crippen molar-refractivity contribution in [3.63, 3.8) is 0 Å². The summed E-state index contributed by atoms with van der Waals surface area (Å²) < 4.78 is 1.19. The second kappa shape index (κ2) is 7.41. The highest BCUT2D eigenvalue weighted by Crippen LogP contribution is 2.28. The first-order valence-electron chi connectivity index (χ1n) is 5.79. The summed E-state index contributed by atoms with van der Waals surface area (Å²) in [4.78, 5) is 3.53. The molecule has 1 atom stereocenters. The minimum atomic E-state index is 0.380. The van der Waals surface area contributed by atoms with Crippen LogP contribution in [0.25, 0.3) is 0 Å². The first-order chi connectivity index (χ1) is 8.04. The van der Waals surface area contributed by atoms with Gasteiger partial charge in [0.25, 0.3) is 0 Å². The Hall–Kier alpha value is -0.0300. The van der Waals surface area contributed by atoms with E-state index in [9.17, 15) is 0 Å². The molecular weight excluding hydrogens is 296 g/mol. The molecule has 0 aliphatic rings. The molecule has 0 aliphatic carbocycles. The maximum Gasteiger partial charge on any atom is 0.0300 e. The normalized spacial score (nSPS) is 13.1. The summed E-state index contributed by atoms with van der Waals surface area (Å²) in [6, 6.07) is 6.99. The lowest BCUT2D eigenvalue weighted by Gasteiger charge is -2.14. The molecule has 0 aliphatic heterocycles. The molecule has 0 fully saturated rings. The number of halogens is 1. The highest BCUT2D eigenvalue weighted by molar-refractivity contribution is 9.10. The Morgan fingerprint density at radius 3 is 2.65 bits per heavy atom. The fourth-order valence-corrected chi connectivity index (χ4v) is 3.38. The minimum absolute atomic E-state index is 0.380. The van der Waals surface area contributed by atoms with Gasteiger partial charge >= 0.3 is 0 Å². The first-order valence-corrected chi connectivity index (χ1v) is 7.56.